The molecule has 0 saturated carbocycles. The Hall–Kier alpha value is -0.510. The highest BCUT2D eigenvalue weighted by molar-refractivity contribution is 7.99. The summed E-state index contributed by atoms with van der Waals surface area (Å²) in [5.41, 5.74) is 8.53. The van der Waals surface area contributed by atoms with Crippen molar-refractivity contribution in [3.05, 3.63) is 29.3 Å². The summed E-state index contributed by atoms with van der Waals surface area (Å²) >= 11 is 1.89. The summed E-state index contributed by atoms with van der Waals surface area (Å²) in [4.78, 5) is 1.34. The first-order valence-corrected chi connectivity index (χ1v) is 7.09. The third-order valence-electron chi connectivity index (χ3n) is 2.62. The highest BCUT2D eigenvalue weighted by atomic mass is 32.2. The van der Waals surface area contributed by atoms with Crippen LogP contribution in [0.25, 0.3) is 0 Å². The molecule has 1 aromatic carbocycles. The van der Waals surface area contributed by atoms with E-state index in [1.54, 1.807) is 7.11 Å². The number of rotatable bonds is 7. The molecule has 1 aromatic rings. The standard InChI is InChI=1S/C14H23NOS/c1-11-9-14(17-8-4-7-16-3)6-5-13(11)10-12(2)15/h5-6,9,12H,4,7-8,10,15H2,1-3H3. The fourth-order valence-electron chi connectivity index (χ4n) is 1.73. The zero-order chi connectivity index (χ0) is 12.7. The lowest BCUT2D eigenvalue weighted by atomic mass is 10.0. The molecule has 0 radical (unpaired) electrons. The van der Waals surface area contributed by atoms with Crippen LogP contribution < -0.4 is 5.73 Å². The monoisotopic (exact) mass is 253 g/mol. The molecule has 1 rings (SSSR count). The van der Waals surface area contributed by atoms with Crippen molar-refractivity contribution in [3.8, 4) is 0 Å². The van der Waals surface area contributed by atoms with E-state index in [4.69, 9.17) is 10.5 Å². The molecule has 0 heterocycles. The number of aryl methyl sites for hydroxylation is 1. The van der Waals surface area contributed by atoms with Crippen LogP contribution >= 0.6 is 11.8 Å². The molecular weight excluding hydrogens is 230 g/mol. The Morgan fingerprint density at radius 1 is 1.41 bits per heavy atom. The highest BCUT2D eigenvalue weighted by Crippen LogP contribution is 2.22. The minimum Gasteiger partial charge on any atom is -0.385 e. The predicted molar refractivity (Wildman–Crippen MR) is 75.7 cm³/mol. The van der Waals surface area contributed by atoms with Gasteiger partial charge in [0.25, 0.3) is 0 Å². The van der Waals surface area contributed by atoms with Crippen molar-refractivity contribution in [1.29, 1.82) is 0 Å². The van der Waals surface area contributed by atoms with E-state index in [9.17, 15) is 0 Å². The molecule has 96 valence electrons. The van der Waals surface area contributed by atoms with Gasteiger partial charge in [-0.2, -0.15) is 0 Å². The summed E-state index contributed by atoms with van der Waals surface area (Å²) in [6.07, 6.45) is 2.06. The quantitative estimate of drug-likeness (QED) is 0.599. The van der Waals surface area contributed by atoms with Gasteiger partial charge in [-0.25, -0.2) is 0 Å². The van der Waals surface area contributed by atoms with E-state index in [0.717, 1.165) is 25.2 Å². The normalized spacial score (nSPS) is 12.7. The summed E-state index contributed by atoms with van der Waals surface area (Å²) in [5, 5.41) is 0. The van der Waals surface area contributed by atoms with Crippen molar-refractivity contribution in [1.82, 2.24) is 0 Å². The maximum atomic E-state index is 5.83. The molecule has 0 spiro atoms. The van der Waals surface area contributed by atoms with Gasteiger partial charge in [0.15, 0.2) is 0 Å². The molecule has 0 bridgehead atoms. The zero-order valence-corrected chi connectivity index (χ0v) is 11.8. The van der Waals surface area contributed by atoms with Gasteiger partial charge in [0.1, 0.15) is 0 Å². The molecular formula is C14H23NOS. The van der Waals surface area contributed by atoms with Crippen LogP contribution in [0.15, 0.2) is 23.1 Å². The van der Waals surface area contributed by atoms with E-state index in [-0.39, 0.29) is 6.04 Å². The SMILES string of the molecule is COCCCSc1ccc(CC(C)N)c(C)c1. The Labute approximate surface area is 109 Å². The molecule has 0 saturated heterocycles. The maximum absolute atomic E-state index is 5.83. The fraction of sp³-hybridized carbons (Fsp3) is 0.571. The van der Waals surface area contributed by atoms with Gasteiger partial charge < -0.3 is 10.5 Å². The third kappa shape index (κ3) is 5.57. The van der Waals surface area contributed by atoms with Crippen molar-refractivity contribution >= 4 is 11.8 Å². The number of thioether (sulfide) groups is 1. The fourth-order valence-corrected chi connectivity index (χ4v) is 2.65. The second-order valence-electron chi connectivity index (χ2n) is 4.46. The topological polar surface area (TPSA) is 35.2 Å². The minimum atomic E-state index is 0.230. The largest absolute Gasteiger partial charge is 0.385 e. The molecule has 0 amide bonds. The van der Waals surface area contributed by atoms with E-state index in [1.807, 2.05) is 18.7 Å². The van der Waals surface area contributed by atoms with Crippen LogP contribution in [0.3, 0.4) is 0 Å². The summed E-state index contributed by atoms with van der Waals surface area (Å²) in [7, 11) is 1.75. The van der Waals surface area contributed by atoms with E-state index >= 15 is 0 Å². The predicted octanol–water partition coefficient (Wildman–Crippen LogP) is 3.01. The van der Waals surface area contributed by atoms with Crippen LogP contribution in [-0.4, -0.2) is 25.5 Å². The molecule has 17 heavy (non-hydrogen) atoms. The molecule has 0 aliphatic rings. The molecule has 0 fully saturated rings. The maximum Gasteiger partial charge on any atom is 0.0470 e. The van der Waals surface area contributed by atoms with Gasteiger partial charge >= 0.3 is 0 Å². The number of ether oxygens (including phenoxy) is 1. The Bertz CT molecular complexity index is 339. The number of methoxy groups -OCH3 is 1. The van der Waals surface area contributed by atoms with Crippen LogP contribution in [0.2, 0.25) is 0 Å². The second kappa shape index (κ2) is 7.75. The van der Waals surface area contributed by atoms with Gasteiger partial charge in [0, 0.05) is 30.4 Å². The van der Waals surface area contributed by atoms with Crippen LogP contribution in [0, 0.1) is 6.92 Å². The molecule has 0 aromatic heterocycles. The van der Waals surface area contributed by atoms with Crippen molar-refractivity contribution in [2.24, 2.45) is 5.73 Å². The average molecular weight is 253 g/mol. The lowest BCUT2D eigenvalue weighted by Gasteiger charge is -2.10. The van der Waals surface area contributed by atoms with Crippen molar-refractivity contribution in [2.75, 3.05) is 19.5 Å². The minimum absolute atomic E-state index is 0.230. The van der Waals surface area contributed by atoms with Crippen molar-refractivity contribution < 1.29 is 4.74 Å². The van der Waals surface area contributed by atoms with Crippen LogP contribution in [0.5, 0.6) is 0 Å². The molecule has 0 aliphatic carbocycles. The number of hydrogen-bond acceptors (Lipinski definition) is 3. The zero-order valence-electron chi connectivity index (χ0n) is 11.0. The Balaban J connectivity index is 2.50. The van der Waals surface area contributed by atoms with Crippen molar-refractivity contribution in [3.63, 3.8) is 0 Å². The van der Waals surface area contributed by atoms with Crippen molar-refractivity contribution in [2.45, 2.75) is 37.6 Å². The van der Waals surface area contributed by atoms with E-state index in [0.29, 0.717) is 0 Å². The van der Waals surface area contributed by atoms with Crippen LogP contribution in [0.1, 0.15) is 24.5 Å². The molecule has 1 atom stereocenters. The summed E-state index contributed by atoms with van der Waals surface area (Å²) in [6, 6.07) is 6.89. The lowest BCUT2D eigenvalue weighted by Crippen LogP contribution is -2.18. The summed E-state index contributed by atoms with van der Waals surface area (Å²) < 4.78 is 5.04. The van der Waals surface area contributed by atoms with Gasteiger partial charge in [0.2, 0.25) is 0 Å². The van der Waals surface area contributed by atoms with Crippen LogP contribution in [-0.2, 0) is 11.2 Å². The molecule has 2 nitrogen and oxygen atoms in total. The first-order chi connectivity index (χ1) is 8.13. The van der Waals surface area contributed by atoms with E-state index in [1.165, 1.54) is 16.0 Å². The molecule has 0 aliphatic heterocycles. The Morgan fingerprint density at radius 2 is 2.18 bits per heavy atom. The van der Waals surface area contributed by atoms with Gasteiger partial charge in [-0.1, -0.05) is 6.07 Å². The lowest BCUT2D eigenvalue weighted by molar-refractivity contribution is 0.200. The third-order valence-corrected chi connectivity index (χ3v) is 3.70. The molecule has 1 unspecified atom stereocenters. The first kappa shape index (κ1) is 14.6. The van der Waals surface area contributed by atoms with E-state index in [2.05, 4.69) is 25.1 Å². The first-order valence-electron chi connectivity index (χ1n) is 6.10. The highest BCUT2D eigenvalue weighted by Gasteiger charge is 2.03. The summed E-state index contributed by atoms with van der Waals surface area (Å²) in [5.74, 6) is 1.11. The molecule has 3 heteroatoms. The van der Waals surface area contributed by atoms with Gasteiger partial charge in [0.05, 0.1) is 0 Å². The molecule has 2 N–H and O–H groups in total. The number of benzene rings is 1. The second-order valence-corrected chi connectivity index (χ2v) is 5.63. The van der Waals surface area contributed by atoms with Crippen LogP contribution in [0.4, 0.5) is 0 Å². The van der Waals surface area contributed by atoms with E-state index < -0.39 is 0 Å². The number of hydrogen-bond donors (Lipinski definition) is 1. The Morgan fingerprint density at radius 3 is 2.76 bits per heavy atom. The smallest absolute Gasteiger partial charge is 0.0470 e. The van der Waals surface area contributed by atoms with Gasteiger partial charge in [-0.05, 0) is 49.9 Å². The van der Waals surface area contributed by atoms with Gasteiger partial charge in [-0.3, -0.25) is 0 Å². The number of nitrogens with two attached hydrogens (primary N) is 1. The average Bonchev–Trinajstić information content (AvgIpc) is 2.27. The van der Waals surface area contributed by atoms with Gasteiger partial charge in [-0.15, -0.1) is 11.8 Å². The summed E-state index contributed by atoms with van der Waals surface area (Å²) in [6.45, 7) is 5.05. The Kier molecular flexibility index (Phi) is 6.63.